The quantitative estimate of drug-likeness (QED) is 0.447. The Morgan fingerprint density at radius 2 is 1.93 bits per heavy atom. The Kier molecular flexibility index (Phi) is 6.58. The summed E-state index contributed by atoms with van der Waals surface area (Å²) in [6, 6.07) is 3.98. The molecule has 0 heterocycles. The van der Waals surface area contributed by atoms with Gasteiger partial charge in [-0.05, 0) is 23.8 Å². The number of carboxylic acid groups (broad SMARTS) is 1. The summed E-state index contributed by atoms with van der Waals surface area (Å²) in [6.45, 7) is 0. The Bertz CT molecular complexity index is 360. The van der Waals surface area contributed by atoms with Crippen LogP contribution < -0.4 is 74.0 Å². The SMILES string of the molecule is O=C([O-])/C=C/c1ccc(O)c(O)c1.[Cs+]. The number of carbonyl (C=O) groups excluding carboxylic acids is 1. The van der Waals surface area contributed by atoms with Crippen LogP contribution in [0.4, 0.5) is 0 Å². The van der Waals surface area contributed by atoms with Crippen LogP contribution in [0.3, 0.4) is 0 Å². The van der Waals surface area contributed by atoms with Crippen molar-refractivity contribution in [2.24, 2.45) is 0 Å². The summed E-state index contributed by atoms with van der Waals surface area (Å²) in [4.78, 5) is 10.0. The fraction of sp³-hybridized carbons (Fsp3) is 0. The van der Waals surface area contributed by atoms with E-state index in [0.29, 0.717) is 5.56 Å². The minimum Gasteiger partial charge on any atom is -0.545 e. The molecule has 0 fully saturated rings. The average Bonchev–Trinajstić information content (AvgIpc) is 2.07. The number of phenols is 2. The predicted molar refractivity (Wildman–Crippen MR) is 43.8 cm³/mol. The van der Waals surface area contributed by atoms with Crippen LogP contribution >= 0.6 is 0 Å². The maximum atomic E-state index is 10.0. The van der Waals surface area contributed by atoms with Gasteiger partial charge in [-0.3, -0.25) is 0 Å². The fourth-order valence-corrected chi connectivity index (χ4v) is 0.808. The molecule has 2 N–H and O–H groups in total. The van der Waals surface area contributed by atoms with Crippen molar-refractivity contribution in [2.75, 3.05) is 0 Å². The van der Waals surface area contributed by atoms with Crippen LogP contribution in [0.5, 0.6) is 11.5 Å². The van der Waals surface area contributed by atoms with Crippen LogP contribution in [-0.4, -0.2) is 16.2 Å². The van der Waals surface area contributed by atoms with Crippen molar-refractivity contribution in [1.82, 2.24) is 0 Å². The molecule has 0 bridgehead atoms. The molecule has 0 unspecified atom stereocenters. The fourth-order valence-electron chi connectivity index (χ4n) is 0.808. The molecule has 1 aromatic rings. The number of carbonyl (C=O) groups is 1. The van der Waals surface area contributed by atoms with Gasteiger partial charge in [0.1, 0.15) is 0 Å². The third-order valence-corrected chi connectivity index (χ3v) is 1.41. The van der Waals surface area contributed by atoms with Gasteiger partial charge in [-0.1, -0.05) is 12.1 Å². The van der Waals surface area contributed by atoms with Crippen LogP contribution in [0.25, 0.3) is 6.08 Å². The summed E-state index contributed by atoms with van der Waals surface area (Å²) >= 11 is 0. The van der Waals surface area contributed by atoms with Crippen molar-refractivity contribution in [3.63, 3.8) is 0 Å². The Morgan fingerprint density at radius 1 is 1.29 bits per heavy atom. The molecule has 0 aromatic heterocycles. The zero-order chi connectivity index (χ0) is 9.84. The standard InChI is InChI=1S/C9H8O4.Cs/c10-7-3-1-6(5-8(7)11)2-4-9(12)13;/h1-5,10-11H,(H,12,13);/q;+1/p-1/b4-2+;. The summed E-state index contributed by atoms with van der Waals surface area (Å²) in [5.74, 6) is -1.85. The molecule has 0 aliphatic heterocycles. The molecule has 0 saturated carbocycles. The first-order chi connectivity index (χ1) is 6.09. The average molecular weight is 312 g/mol. The second-order valence-corrected chi connectivity index (χ2v) is 2.40. The monoisotopic (exact) mass is 312 g/mol. The number of aliphatic carboxylic acids is 1. The van der Waals surface area contributed by atoms with E-state index in [1.54, 1.807) is 0 Å². The molecule has 0 saturated heterocycles. The Morgan fingerprint density at radius 3 is 2.43 bits per heavy atom. The van der Waals surface area contributed by atoms with Crippen LogP contribution in [0.1, 0.15) is 5.56 Å². The Balaban J connectivity index is 0.00000169. The smallest absolute Gasteiger partial charge is 0.545 e. The number of rotatable bonds is 2. The van der Waals surface area contributed by atoms with Crippen LogP contribution in [-0.2, 0) is 4.79 Å². The summed E-state index contributed by atoms with van der Waals surface area (Å²) in [5.41, 5.74) is 0.472. The number of phenolic OH excluding ortho intramolecular Hbond substituents is 2. The van der Waals surface area contributed by atoms with Gasteiger partial charge in [0.2, 0.25) is 0 Å². The molecule has 0 amide bonds. The van der Waals surface area contributed by atoms with Crippen molar-refractivity contribution in [1.29, 1.82) is 0 Å². The first kappa shape index (κ1) is 14.1. The summed E-state index contributed by atoms with van der Waals surface area (Å²) in [7, 11) is 0. The van der Waals surface area contributed by atoms with Crippen molar-refractivity contribution in [2.45, 2.75) is 0 Å². The van der Waals surface area contributed by atoms with Crippen LogP contribution in [0.15, 0.2) is 24.3 Å². The minimum absolute atomic E-state index is 0. The number of hydrogen-bond donors (Lipinski definition) is 2. The minimum atomic E-state index is -1.31. The molecule has 14 heavy (non-hydrogen) atoms. The molecular formula is C9H7CsO4. The summed E-state index contributed by atoms with van der Waals surface area (Å²) < 4.78 is 0. The first-order valence-corrected chi connectivity index (χ1v) is 3.50. The molecule has 5 heteroatoms. The largest absolute Gasteiger partial charge is 1.00 e. The third kappa shape index (κ3) is 4.54. The Labute approximate surface area is 140 Å². The maximum absolute atomic E-state index is 10.0. The van der Waals surface area contributed by atoms with Gasteiger partial charge in [0, 0.05) is 0 Å². The van der Waals surface area contributed by atoms with Gasteiger partial charge >= 0.3 is 68.9 Å². The van der Waals surface area contributed by atoms with E-state index < -0.39 is 5.97 Å². The van der Waals surface area contributed by atoms with Crippen molar-refractivity contribution >= 4 is 12.0 Å². The second kappa shape index (κ2) is 6.54. The topological polar surface area (TPSA) is 80.6 Å². The van der Waals surface area contributed by atoms with Crippen LogP contribution in [0.2, 0.25) is 0 Å². The molecule has 1 aromatic carbocycles. The molecule has 68 valence electrons. The van der Waals surface area contributed by atoms with E-state index in [9.17, 15) is 9.90 Å². The molecule has 0 radical (unpaired) electrons. The van der Waals surface area contributed by atoms with E-state index in [1.165, 1.54) is 24.3 Å². The first-order valence-electron chi connectivity index (χ1n) is 3.50. The predicted octanol–water partition coefficient (Wildman–Crippen LogP) is -3.14. The number of benzene rings is 1. The molecule has 4 nitrogen and oxygen atoms in total. The van der Waals surface area contributed by atoms with Gasteiger partial charge in [-0.15, -0.1) is 0 Å². The molecule has 1 rings (SSSR count). The van der Waals surface area contributed by atoms with Gasteiger partial charge in [-0.2, -0.15) is 0 Å². The van der Waals surface area contributed by atoms with E-state index in [0.717, 1.165) is 6.08 Å². The Hall–Kier alpha value is 0.0819. The van der Waals surface area contributed by atoms with E-state index in [4.69, 9.17) is 10.2 Å². The zero-order valence-electron chi connectivity index (χ0n) is 7.60. The zero-order valence-corrected chi connectivity index (χ0v) is 13.9. The molecular weight excluding hydrogens is 305 g/mol. The third-order valence-electron chi connectivity index (χ3n) is 1.41. The van der Waals surface area contributed by atoms with Gasteiger partial charge in [0.25, 0.3) is 0 Å². The second-order valence-electron chi connectivity index (χ2n) is 2.40. The number of carboxylic acids is 1. The van der Waals surface area contributed by atoms with E-state index in [1.807, 2.05) is 0 Å². The van der Waals surface area contributed by atoms with E-state index >= 15 is 0 Å². The van der Waals surface area contributed by atoms with E-state index in [-0.39, 0.29) is 80.4 Å². The molecule has 0 atom stereocenters. The summed E-state index contributed by atoms with van der Waals surface area (Å²) in [6.07, 6.45) is 2.10. The normalized spacial score (nSPS) is 9.71. The molecule has 0 aliphatic rings. The maximum Gasteiger partial charge on any atom is 1.00 e. The van der Waals surface area contributed by atoms with Gasteiger partial charge in [0.15, 0.2) is 11.5 Å². The number of hydrogen-bond acceptors (Lipinski definition) is 4. The summed E-state index contributed by atoms with van der Waals surface area (Å²) in [5, 5.41) is 28.0. The van der Waals surface area contributed by atoms with Crippen molar-refractivity contribution in [3.8, 4) is 11.5 Å². The van der Waals surface area contributed by atoms with Gasteiger partial charge in [-0.25, -0.2) is 0 Å². The van der Waals surface area contributed by atoms with Gasteiger partial charge < -0.3 is 20.1 Å². The van der Waals surface area contributed by atoms with Gasteiger partial charge in [0.05, 0.1) is 5.97 Å². The van der Waals surface area contributed by atoms with Crippen molar-refractivity contribution in [3.05, 3.63) is 29.8 Å². The van der Waals surface area contributed by atoms with Crippen LogP contribution in [0, 0.1) is 0 Å². The van der Waals surface area contributed by atoms with Crippen molar-refractivity contribution < 1.29 is 89.0 Å². The van der Waals surface area contributed by atoms with E-state index in [2.05, 4.69) is 0 Å². The molecule has 0 aliphatic carbocycles. The molecule has 0 spiro atoms. The number of aromatic hydroxyl groups is 2.